The van der Waals surface area contributed by atoms with Gasteiger partial charge in [-0.15, -0.1) is 0 Å². The van der Waals surface area contributed by atoms with Crippen LogP contribution < -0.4 is 4.90 Å². The lowest BCUT2D eigenvalue weighted by molar-refractivity contribution is 0.109. The van der Waals surface area contributed by atoms with Gasteiger partial charge in [0, 0.05) is 32.0 Å². The van der Waals surface area contributed by atoms with E-state index in [1.54, 1.807) is 0 Å². The van der Waals surface area contributed by atoms with Crippen LogP contribution in [-0.4, -0.2) is 34.8 Å². The normalized spacial score (nSPS) is 21.8. The van der Waals surface area contributed by atoms with Gasteiger partial charge in [-0.25, -0.2) is 9.97 Å². The van der Waals surface area contributed by atoms with Crippen molar-refractivity contribution < 1.29 is 9.26 Å². The molecule has 0 radical (unpaired) electrons. The third-order valence-electron chi connectivity index (χ3n) is 4.57. The Balaban J connectivity index is 1.73. The third kappa shape index (κ3) is 2.95. The molecular weight excluding hydrogens is 292 g/mol. The molecule has 122 valence electrons. The van der Waals surface area contributed by atoms with E-state index in [2.05, 4.69) is 15.0 Å². The minimum Gasteiger partial charge on any atom is -0.372 e. The zero-order valence-electron chi connectivity index (χ0n) is 13.5. The lowest BCUT2D eigenvalue weighted by Gasteiger charge is -2.27. The summed E-state index contributed by atoms with van der Waals surface area (Å²) in [6.07, 6.45) is 7.68. The van der Waals surface area contributed by atoms with E-state index in [-0.39, 0.29) is 6.10 Å². The molecule has 2 aliphatic rings. The molecule has 4 rings (SSSR count). The van der Waals surface area contributed by atoms with Gasteiger partial charge in [0.2, 0.25) is 5.95 Å². The maximum absolute atomic E-state index is 5.88. The van der Waals surface area contributed by atoms with Gasteiger partial charge < -0.3 is 14.2 Å². The highest BCUT2D eigenvalue weighted by Gasteiger charge is 2.26. The molecule has 4 heterocycles. The SMILES string of the molecule is Cc1cc(-c2cnc(N3CCCCC3)nc2[C@@H]2CCCO2)on1. The molecule has 6 nitrogen and oxygen atoms in total. The highest BCUT2D eigenvalue weighted by atomic mass is 16.5. The van der Waals surface area contributed by atoms with Gasteiger partial charge in [-0.3, -0.25) is 0 Å². The first-order valence-electron chi connectivity index (χ1n) is 8.48. The fourth-order valence-electron chi connectivity index (χ4n) is 3.35. The summed E-state index contributed by atoms with van der Waals surface area (Å²) in [5.74, 6) is 1.54. The number of hydrogen-bond donors (Lipinski definition) is 0. The number of ether oxygens (including phenoxy) is 1. The van der Waals surface area contributed by atoms with Crippen LogP contribution in [0.25, 0.3) is 11.3 Å². The Morgan fingerprint density at radius 1 is 1.17 bits per heavy atom. The van der Waals surface area contributed by atoms with E-state index >= 15 is 0 Å². The summed E-state index contributed by atoms with van der Waals surface area (Å²) >= 11 is 0. The van der Waals surface area contributed by atoms with Gasteiger partial charge in [0.1, 0.15) is 6.10 Å². The minimum atomic E-state index is 0.0296. The van der Waals surface area contributed by atoms with Crippen LogP contribution in [0.3, 0.4) is 0 Å². The second-order valence-corrected chi connectivity index (χ2v) is 6.35. The molecule has 2 aliphatic heterocycles. The summed E-state index contributed by atoms with van der Waals surface area (Å²) in [4.78, 5) is 11.7. The Hall–Kier alpha value is -1.95. The third-order valence-corrected chi connectivity index (χ3v) is 4.57. The van der Waals surface area contributed by atoms with E-state index in [1.165, 1.54) is 19.3 Å². The van der Waals surface area contributed by atoms with Gasteiger partial charge in [-0.05, 0) is 39.0 Å². The lowest BCUT2D eigenvalue weighted by Crippen LogP contribution is -2.31. The van der Waals surface area contributed by atoms with Gasteiger partial charge in [-0.1, -0.05) is 5.16 Å². The summed E-state index contributed by atoms with van der Waals surface area (Å²) in [6, 6.07) is 1.93. The molecular formula is C17H22N4O2. The number of anilines is 1. The van der Waals surface area contributed by atoms with Crippen molar-refractivity contribution in [2.24, 2.45) is 0 Å². The molecule has 0 bridgehead atoms. The van der Waals surface area contributed by atoms with Crippen LogP contribution in [0.2, 0.25) is 0 Å². The number of piperidine rings is 1. The highest BCUT2D eigenvalue weighted by Crippen LogP contribution is 2.35. The second-order valence-electron chi connectivity index (χ2n) is 6.35. The number of hydrogen-bond acceptors (Lipinski definition) is 6. The Morgan fingerprint density at radius 3 is 2.74 bits per heavy atom. The van der Waals surface area contributed by atoms with Crippen molar-refractivity contribution in [3.8, 4) is 11.3 Å². The predicted octanol–water partition coefficient (Wildman–Crippen LogP) is 3.28. The molecule has 1 atom stereocenters. The van der Waals surface area contributed by atoms with Crippen molar-refractivity contribution in [2.75, 3.05) is 24.6 Å². The van der Waals surface area contributed by atoms with E-state index in [9.17, 15) is 0 Å². The van der Waals surface area contributed by atoms with E-state index in [0.29, 0.717) is 0 Å². The van der Waals surface area contributed by atoms with Gasteiger partial charge in [0.05, 0.1) is 17.0 Å². The number of rotatable bonds is 3. The van der Waals surface area contributed by atoms with Gasteiger partial charge in [0.25, 0.3) is 0 Å². The second kappa shape index (κ2) is 6.28. The summed E-state index contributed by atoms with van der Waals surface area (Å²) < 4.78 is 11.3. The molecule has 0 unspecified atom stereocenters. The highest BCUT2D eigenvalue weighted by molar-refractivity contribution is 5.61. The van der Waals surface area contributed by atoms with Crippen molar-refractivity contribution in [1.29, 1.82) is 0 Å². The van der Waals surface area contributed by atoms with E-state index in [0.717, 1.165) is 61.2 Å². The first kappa shape index (κ1) is 14.6. The predicted molar refractivity (Wildman–Crippen MR) is 86.3 cm³/mol. The van der Waals surface area contributed by atoms with Crippen LogP contribution >= 0.6 is 0 Å². The molecule has 0 saturated carbocycles. The van der Waals surface area contributed by atoms with Gasteiger partial charge in [0.15, 0.2) is 5.76 Å². The van der Waals surface area contributed by atoms with Crippen molar-refractivity contribution in [2.45, 2.75) is 45.1 Å². The Kier molecular flexibility index (Phi) is 3.99. The first-order chi connectivity index (χ1) is 11.3. The van der Waals surface area contributed by atoms with Crippen LogP contribution in [0, 0.1) is 6.92 Å². The van der Waals surface area contributed by atoms with Gasteiger partial charge >= 0.3 is 0 Å². The van der Waals surface area contributed by atoms with Gasteiger partial charge in [-0.2, -0.15) is 0 Å². The molecule has 0 aliphatic carbocycles. The summed E-state index contributed by atoms with van der Waals surface area (Å²) in [7, 11) is 0. The van der Waals surface area contributed by atoms with Crippen LogP contribution in [0.1, 0.15) is 49.6 Å². The standard InChI is InChI=1S/C17H22N4O2/c1-12-10-15(23-20-12)13-11-18-17(21-7-3-2-4-8-21)19-16(13)14-6-5-9-22-14/h10-11,14H,2-9H2,1H3/t14-/m0/s1. The largest absolute Gasteiger partial charge is 0.372 e. The molecule has 0 amide bonds. The molecule has 2 saturated heterocycles. The minimum absolute atomic E-state index is 0.0296. The number of aromatic nitrogens is 3. The van der Waals surface area contributed by atoms with E-state index < -0.39 is 0 Å². The molecule has 2 aromatic rings. The topological polar surface area (TPSA) is 64.3 Å². The zero-order valence-corrected chi connectivity index (χ0v) is 13.5. The summed E-state index contributed by atoms with van der Waals surface area (Å²) in [5.41, 5.74) is 2.70. The van der Waals surface area contributed by atoms with Crippen LogP contribution in [0.15, 0.2) is 16.8 Å². The van der Waals surface area contributed by atoms with Crippen molar-refractivity contribution in [1.82, 2.24) is 15.1 Å². The summed E-state index contributed by atoms with van der Waals surface area (Å²) in [6.45, 7) is 4.78. The fraction of sp³-hybridized carbons (Fsp3) is 0.588. The molecule has 2 aromatic heterocycles. The van der Waals surface area contributed by atoms with Crippen molar-refractivity contribution in [3.05, 3.63) is 23.7 Å². The van der Waals surface area contributed by atoms with Crippen molar-refractivity contribution >= 4 is 5.95 Å². The molecule has 0 aromatic carbocycles. The summed E-state index contributed by atoms with van der Waals surface area (Å²) in [5, 5.41) is 3.99. The quantitative estimate of drug-likeness (QED) is 0.866. The molecule has 6 heteroatoms. The van der Waals surface area contributed by atoms with E-state index in [4.69, 9.17) is 14.2 Å². The Bertz CT molecular complexity index is 673. The fourth-order valence-corrected chi connectivity index (χ4v) is 3.35. The first-order valence-corrected chi connectivity index (χ1v) is 8.48. The average molecular weight is 314 g/mol. The maximum Gasteiger partial charge on any atom is 0.225 e. The molecule has 0 spiro atoms. The smallest absolute Gasteiger partial charge is 0.225 e. The lowest BCUT2D eigenvalue weighted by atomic mass is 10.1. The Labute approximate surface area is 135 Å². The van der Waals surface area contributed by atoms with Crippen molar-refractivity contribution in [3.63, 3.8) is 0 Å². The van der Waals surface area contributed by atoms with Crippen LogP contribution in [-0.2, 0) is 4.74 Å². The zero-order chi connectivity index (χ0) is 15.6. The Morgan fingerprint density at radius 2 is 2.04 bits per heavy atom. The molecule has 0 N–H and O–H groups in total. The average Bonchev–Trinajstić information content (AvgIpc) is 3.27. The monoisotopic (exact) mass is 314 g/mol. The number of aryl methyl sites for hydroxylation is 1. The maximum atomic E-state index is 5.88. The van der Waals surface area contributed by atoms with Crippen LogP contribution in [0.5, 0.6) is 0 Å². The van der Waals surface area contributed by atoms with Crippen LogP contribution in [0.4, 0.5) is 5.95 Å². The molecule has 23 heavy (non-hydrogen) atoms. The number of nitrogens with zero attached hydrogens (tertiary/aromatic N) is 4. The van der Waals surface area contributed by atoms with E-state index in [1.807, 2.05) is 19.2 Å². The molecule has 2 fully saturated rings.